The minimum atomic E-state index is -1.32. The Bertz CT molecular complexity index is 533. The van der Waals surface area contributed by atoms with Gasteiger partial charge in [-0.1, -0.05) is 11.6 Å². The number of carboxylic acid groups (broad SMARTS) is 1. The van der Waals surface area contributed by atoms with E-state index in [0.717, 1.165) is 12.1 Å². The molecule has 0 bridgehead atoms. The summed E-state index contributed by atoms with van der Waals surface area (Å²) in [5.74, 6) is -1.32. The molecule has 0 aliphatic rings. The lowest BCUT2D eigenvalue weighted by molar-refractivity contribution is -0.384. The Kier molecular flexibility index (Phi) is 5.29. The van der Waals surface area contributed by atoms with Crippen LogP contribution in [0.25, 0.3) is 0 Å². The highest BCUT2D eigenvalue weighted by atomic mass is 35.5. The van der Waals surface area contributed by atoms with Crippen molar-refractivity contribution in [1.29, 1.82) is 0 Å². The molecule has 0 aromatic heterocycles. The normalized spacial score (nSPS) is 13.6. The Labute approximate surface area is 120 Å². The van der Waals surface area contributed by atoms with Crippen LogP contribution < -0.4 is 5.32 Å². The molecule has 1 aromatic rings. The zero-order chi connectivity index (χ0) is 15.4. The summed E-state index contributed by atoms with van der Waals surface area (Å²) in [4.78, 5) is 21.2. The summed E-state index contributed by atoms with van der Waals surface area (Å²) in [5.41, 5.74) is -0.555. The highest BCUT2D eigenvalue weighted by Gasteiger charge is 2.21. The second kappa shape index (κ2) is 6.53. The summed E-state index contributed by atoms with van der Waals surface area (Å²) in [7, 11) is 0. The molecular weight excluding hydrogens is 288 g/mol. The molecule has 0 saturated carbocycles. The number of carboxylic acids is 1. The van der Waals surface area contributed by atoms with Crippen LogP contribution in [0.4, 0.5) is 11.4 Å². The monoisotopic (exact) mass is 302 g/mol. The number of hydrogen-bond donors (Lipinski definition) is 3. The molecular formula is C12H15ClN2O5. The molecule has 0 heterocycles. The number of benzene rings is 1. The van der Waals surface area contributed by atoms with E-state index in [1.807, 2.05) is 0 Å². The third kappa shape index (κ3) is 4.07. The zero-order valence-electron chi connectivity index (χ0n) is 11.0. The van der Waals surface area contributed by atoms with Gasteiger partial charge in [0, 0.05) is 18.2 Å². The fourth-order valence-corrected chi connectivity index (χ4v) is 2.10. The SMILES string of the molecule is CC(O)CC(C)Nc1c(Cl)cc([N+](=O)[O-])cc1C(=O)O. The van der Waals surface area contributed by atoms with Gasteiger partial charge in [0.05, 0.1) is 27.3 Å². The van der Waals surface area contributed by atoms with Crippen molar-refractivity contribution < 1.29 is 19.9 Å². The average Bonchev–Trinajstić information content (AvgIpc) is 2.29. The van der Waals surface area contributed by atoms with E-state index in [4.69, 9.17) is 16.7 Å². The fourth-order valence-electron chi connectivity index (χ4n) is 1.83. The van der Waals surface area contributed by atoms with E-state index in [9.17, 15) is 20.0 Å². The molecule has 110 valence electrons. The highest BCUT2D eigenvalue weighted by Crippen LogP contribution is 2.32. The van der Waals surface area contributed by atoms with Crippen LogP contribution in [0, 0.1) is 10.1 Å². The maximum absolute atomic E-state index is 11.2. The number of carbonyl (C=O) groups is 1. The quantitative estimate of drug-likeness (QED) is 0.549. The van der Waals surface area contributed by atoms with Crippen molar-refractivity contribution in [3.8, 4) is 0 Å². The average molecular weight is 303 g/mol. The van der Waals surface area contributed by atoms with Crippen LogP contribution in [0.5, 0.6) is 0 Å². The van der Waals surface area contributed by atoms with Crippen LogP contribution in [0.1, 0.15) is 30.6 Å². The number of aliphatic hydroxyl groups excluding tert-OH is 1. The minimum Gasteiger partial charge on any atom is -0.478 e. The van der Waals surface area contributed by atoms with Gasteiger partial charge < -0.3 is 15.5 Å². The largest absolute Gasteiger partial charge is 0.478 e. The number of aromatic carboxylic acids is 1. The lowest BCUT2D eigenvalue weighted by Crippen LogP contribution is -2.22. The third-order valence-electron chi connectivity index (χ3n) is 2.60. The summed E-state index contributed by atoms with van der Waals surface area (Å²) < 4.78 is 0. The number of non-ortho nitro benzene ring substituents is 1. The van der Waals surface area contributed by atoms with Gasteiger partial charge in [0.1, 0.15) is 0 Å². The highest BCUT2D eigenvalue weighted by molar-refractivity contribution is 6.34. The van der Waals surface area contributed by atoms with Crippen LogP contribution in [-0.4, -0.2) is 33.3 Å². The van der Waals surface area contributed by atoms with Gasteiger partial charge in [0.2, 0.25) is 0 Å². The number of halogens is 1. The molecule has 3 N–H and O–H groups in total. The molecule has 0 fully saturated rings. The molecule has 0 radical (unpaired) electrons. The van der Waals surface area contributed by atoms with Gasteiger partial charge in [-0.15, -0.1) is 0 Å². The van der Waals surface area contributed by atoms with Gasteiger partial charge >= 0.3 is 5.97 Å². The van der Waals surface area contributed by atoms with Crippen LogP contribution in [0.15, 0.2) is 12.1 Å². The van der Waals surface area contributed by atoms with Gasteiger partial charge in [0.25, 0.3) is 5.69 Å². The molecule has 1 rings (SSSR count). The van der Waals surface area contributed by atoms with E-state index >= 15 is 0 Å². The Morgan fingerprint density at radius 3 is 2.55 bits per heavy atom. The maximum atomic E-state index is 11.2. The zero-order valence-corrected chi connectivity index (χ0v) is 11.7. The van der Waals surface area contributed by atoms with Crippen molar-refractivity contribution in [2.45, 2.75) is 32.4 Å². The molecule has 7 nitrogen and oxygen atoms in total. The number of nitrogens with zero attached hydrogens (tertiary/aromatic N) is 1. The van der Waals surface area contributed by atoms with Crippen molar-refractivity contribution in [3.05, 3.63) is 32.8 Å². The van der Waals surface area contributed by atoms with E-state index in [1.165, 1.54) is 0 Å². The topological polar surface area (TPSA) is 113 Å². The molecule has 1 aromatic carbocycles. The number of aliphatic hydroxyl groups is 1. The van der Waals surface area contributed by atoms with E-state index in [1.54, 1.807) is 13.8 Å². The molecule has 0 aliphatic carbocycles. The summed E-state index contributed by atoms with van der Waals surface area (Å²) in [6.45, 7) is 3.35. The summed E-state index contributed by atoms with van der Waals surface area (Å²) in [6.07, 6.45) is -0.186. The lowest BCUT2D eigenvalue weighted by Gasteiger charge is -2.19. The predicted molar refractivity (Wildman–Crippen MR) is 74.4 cm³/mol. The van der Waals surface area contributed by atoms with Gasteiger partial charge in [-0.3, -0.25) is 10.1 Å². The first kappa shape index (κ1) is 16.2. The number of nitro benzene ring substituents is 1. The van der Waals surface area contributed by atoms with Crippen molar-refractivity contribution in [2.24, 2.45) is 0 Å². The van der Waals surface area contributed by atoms with Crippen molar-refractivity contribution >= 4 is 28.9 Å². The van der Waals surface area contributed by atoms with E-state index in [-0.39, 0.29) is 28.0 Å². The Balaban J connectivity index is 3.18. The molecule has 20 heavy (non-hydrogen) atoms. The number of rotatable bonds is 6. The Morgan fingerprint density at radius 1 is 1.50 bits per heavy atom. The summed E-state index contributed by atoms with van der Waals surface area (Å²) in [5, 5.41) is 31.9. The molecule has 2 unspecified atom stereocenters. The van der Waals surface area contributed by atoms with Gasteiger partial charge in [-0.05, 0) is 20.3 Å². The second-order valence-corrected chi connectivity index (χ2v) is 4.95. The smallest absolute Gasteiger partial charge is 0.338 e. The van der Waals surface area contributed by atoms with E-state index in [2.05, 4.69) is 5.32 Å². The van der Waals surface area contributed by atoms with E-state index < -0.39 is 17.0 Å². The molecule has 2 atom stereocenters. The Morgan fingerprint density at radius 2 is 2.10 bits per heavy atom. The third-order valence-corrected chi connectivity index (χ3v) is 2.90. The first-order valence-electron chi connectivity index (χ1n) is 5.88. The number of hydrogen-bond acceptors (Lipinski definition) is 5. The van der Waals surface area contributed by atoms with E-state index in [0.29, 0.717) is 6.42 Å². The maximum Gasteiger partial charge on any atom is 0.338 e. The number of anilines is 1. The van der Waals surface area contributed by atoms with Crippen LogP contribution in [-0.2, 0) is 0 Å². The van der Waals surface area contributed by atoms with Gasteiger partial charge in [-0.25, -0.2) is 4.79 Å². The predicted octanol–water partition coefficient (Wildman–Crippen LogP) is 2.52. The van der Waals surface area contributed by atoms with Crippen molar-refractivity contribution in [1.82, 2.24) is 0 Å². The molecule has 0 amide bonds. The van der Waals surface area contributed by atoms with Crippen LogP contribution >= 0.6 is 11.6 Å². The first-order valence-corrected chi connectivity index (χ1v) is 6.26. The first-order chi connectivity index (χ1) is 9.22. The number of nitrogens with one attached hydrogen (secondary N) is 1. The minimum absolute atomic E-state index is 0.0472. The second-order valence-electron chi connectivity index (χ2n) is 4.54. The lowest BCUT2D eigenvalue weighted by atomic mass is 10.1. The molecule has 8 heteroatoms. The number of nitro groups is 1. The van der Waals surface area contributed by atoms with Crippen molar-refractivity contribution in [2.75, 3.05) is 5.32 Å². The Hall–Kier alpha value is -1.86. The fraction of sp³-hybridized carbons (Fsp3) is 0.417. The molecule has 0 spiro atoms. The summed E-state index contributed by atoms with van der Waals surface area (Å²) >= 11 is 5.91. The van der Waals surface area contributed by atoms with Gasteiger partial charge in [-0.2, -0.15) is 0 Å². The van der Waals surface area contributed by atoms with Crippen LogP contribution in [0.3, 0.4) is 0 Å². The standard InChI is InChI=1S/C12H15ClN2O5/c1-6(3-7(2)16)14-11-9(12(17)18)4-8(15(19)20)5-10(11)13/h4-7,14,16H,3H2,1-2H3,(H,17,18). The van der Waals surface area contributed by atoms with Gasteiger partial charge in [0.15, 0.2) is 0 Å². The van der Waals surface area contributed by atoms with Crippen molar-refractivity contribution in [3.63, 3.8) is 0 Å². The summed E-state index contributed by atoms with van der Waals surface area (Å²) in [6, 6.07) is 1.80. The van der Waals surface area contributed by atoms with Crippen LogP contribution in [0.2, 0.25) is 5.02 Å². The molecule has 0 saturated heterocycles. The molecule has 0 aliphatic heterocycles.